The minimum atomic E-state index is -0.332. The minimum absolute atomic E-state index is 0.129. The number of nitrogens with zero attached hydrogens (tertiary/aromatic N) is 1. The van der Waals surface area contributed by atoms with Gasteiger partial charge in [-0.05, 0) is 49.3 Å². The number of anilines is 1. The van der Waals surface area contributed by atoms with Crippen LogP contribution < -0.4 is 10.2 Å². The van der Waals surface area contributed by atoms with Gasteiger partial charge in [0.2, 0.25) is 0 Å². The Labute approximate surface area is 137 Å². The molecule has 1 heterocycles. The van der Waals surface area contributed by atoms with Crippen molar-refractivity contribution in [3.63, 3.8) is 0 Å². The van der Waals surface area contributed by atoms with Gasteiger partial charge in [-0.1, -0.05) is 13.8 Å². The number of hydrogen-bond donors (Lipinski definition) is 2. The zero-order chi connectivity index (χ0) is 16.9. The Balaban J connectivity index is 1.86. The maximum Gasteiger partial charge on any atom is 0.251 e. The van der Waals surface area contributed by atoms with Crippen molar-refractivity contribution in [2.75, 3.05) is 31.1 Å². The molecule has 2 rings (SSSR count). The van der Waals surface area contributed by atoms with E-state index in [0.29, 0.717) is 17.8 Å². The van der Waals surface area contributed by atoms with Crippen LogP contribution in [0.1, 0.15) is 49.9 Å². The second-order valence-electron chi connectivity index (χ2n) is 7.04. The van der Waals surface area contributed by atoms with E-state index in [1.54, 1.807) is 12.1 Å². The van der Waals surface area contributed by atoms with Crippen LogP contribution in [-0.2, 0) is 0 Å². The van der Waals surface area contributed by atoms with Gasteiger partial charge in [0.05, 0.1) is 5.69 Å². The molecule has 0 radical (unpaired) electrons. The van der Waals surface area contributed by atoms with E-state index in [4.69, 9.17) is 0 Å². The van der Waals surface area contributed by atoms with E-state index in [2.05, 4.69) is 5.32 Å². The van der Waals surface area contributed by atoms with Gasteiger partial charge >= 0.3 is 0 Å². The lowest BCUT2D eigenvalue weighted by Crippen LogP contribution is -2.27. The molecule has 0 aliphatic carbocycles. The highest BCUT2D eigenvalue weighted by Crippen LogP contribution is 2.24. The number of carbonyl (C=O) groups is 1. The van der Waals surface area contributed by atoms with Crippen molar-refractivity contribution in [2.45, 2.75) is 39.5 Å². The average Bonchev–Trinajstić information content (AvgIpc) is 3.05. The summed E-state index contributed by atoms with van der Waals surface area (Å²) in [6.07, 6.45) is 3.79. The molecule has 1 aromatic rings. The minimum Gasteiger partial charge on any atom is -0.396 e. The molecule has 2 N–H and O–H groups in total. The molecule has 4 nitrogen and oxygen atoms in total. The van der Waals surface area contributed by atoms with Gasteiger partial charge in [0.15, 0.2) is 0 Å². The molecule has 5 heteroatoms. The molecule has 128 valence electrons. The first-order chi connectivity index (χ1) is 10.9. The summed E-state index contributed by atoms with van der Waals surface area (Å²) in [4.78, 5) is 14.1. The zero-order valence-corrected chi connectivity index (χ0v) is 14.1. The molecule has 0 saturated carbocycles. The predicted molar refractivity (Wildman–Crippen MR) is 90.3 cm³/mol. The third kappa shape index (κ3) is 4.93. The first-order valence-corrected chi connectivity index (χ1v) is 8.36. The highest BCUT2D eigenvalue weighted by Gasteiger charge is 2.18. The van der Waals surface area contributed by atoms with Gasteiger partial charge in [-0.15, -0.1) is 0 Å². The normalized spacial score (nSPS) is 15.0. The summed E-state index contributed by atoms with van der Waals surface area (Å²) in [5.74, 6) is -0.584. The largest absolute Gasteiger partial charge is 0.396 e. The summed E-state index contributed by atoms with van der Waals surface area (Å²) < 4.78 is 14.2. The number of halogens is 1. The molecule has 0 unspecified atom stereocenters. The molecule has 0 spiro atoms. The van der Waals surface area contributed by atoms with E-state index in [-0.39, 0.29) is 23.7 Å². The van der Waals surface area contributed by atoms with Gasteiger partial charge in [-0.2, -0.15) is 0 Å². The highest BCUT2D eigenvalue weighted by atomic mass is 19.1. The monoisotopic (exact) mass is 322 g/mol. The molecule has 0 bridgehead atoms. The number of aliphatic hydroxyl groups is 1. The van der Waals surface area contributed by atoms with E-state index in [1.807, 2.05) is 18.7 Å². The topological polar surface area (TPSA) is 52.6 Å². The Hall–Kier alpha value is -1.62. The maximum absolute atomic E-state index is 14.2. The lowest BCUT2D eigenvalue weighted by Gasteiger charge is -2.21. The van der Waals surface area contributed by atoms with Gasteiger partial charge in [-0.3, -0.25) is 4.79 Å². The molecular weight excluding hydrogens is 295 g/mol. The number of benzene rings is 1. The standard InChI is InChI=1S/C18H27FN2O2/c1-18(2,13-22)8-5-9-20-17(23)14-6-7-16(15(19)12-14)21-10-3-4-11-21/h6-7,12,22H,3-5,8-11,13H2,1-2H3,(H,20,23). The summed E-state index contributed by atoms with van der Waals surface area (Å²) in [7, 11) is 0. The Morgan fingerprint density at radius 3 is 2.65 bits per heavy atom. The number of hydrogen-bond acceptors (Lipinski definition) is 3. The molecule has 23 heavy (non-hydrogen) atoms. The van der Waals surface area contributed by atoms with Crippen LogP contribution in [0.25, 0.3) is 0 Å². The molecule has 1 amide bonds. The van der Waals surface area contributed by atoms with Crippen LogP contribution in [0.4, 0.5) is 10.1 Å². The van der Waals surface area contributed by atoms with Crippen molar-refractivity contribution in [1.29, 1.82) is 0 Å². The smallest absolute Gasteiger partial charge is 0.251 e. The van der Waals surface area contributed by atoms with E-state index in [1.165, 1.54) is 6.07 Å². The van der Waals surface area contributed by atoms with Crippen LogP contribution in [-0.4, -0.2) is 37.3 Å². The van der Waals surface area contributed by atoms with E-state index < -0.39 is 0 Å². The first-order valence-electron chi connectivity index (χ1n) is 8.36. The fourth-order valence-electron chi connectivity index (χ4n) is 2.81. The number of aliphatic hydroxyl groups excluding tert-OH is 1. The molecule has 1 aliphatic heterocycles. The zero-order valence-electron chi connectivity index (χ0n) is 14.1. The summed E-state index contributed by atoms with van der Waals surface area (Å²) >= 11 is 0. The van der Waals surface area contributed by atoms with E-state index in [0.717, 1.165) is 38.8 Å². The first kappa shape index (κ1) is 17.7. The Kier molecular flexibility index (Phi) is 5.99. The number of nitrogens with one attached hydrogen (secondary N) is 1. The molecule has 1 fully saturated rings. The van der Waals surface area contributed by atoms with Crippen molar-refractivity contribution in [2.24, 2.45) is 5.41 Å². The van der Waals surface area contributed by atoms with Crippen molar-refractivity contribution in [3.8, 4) is 0 Å². The van der Waals surface area contributed by atoms with Crippen LogP contribution in [0.5, 0.6) is 0 Å². The number of carbonyl (C=O) groups excluding carboxylic acids is 1. The molecule has 1 saturated heterocycles. The molecule has 0 aromatic heterocycles. The van der Waals surface area contributed by atoms with Gasteiger partial charge in [-0.25, -0.2) is 4.39 Å². The Bertz CT molecular complexity index is 540. The van der Waals surface area contributed by atoms with Gasteiger partial charge in [0.1, 0.15) is 5.82 Å². The molecule has 0 atom stereocenters. The fourth-order valence-corrected chi connectivity index (χ4v) is 2.81. The van der Waals surface area contributed by atoms with E-state index >= 15 is 0 Å². The quantitative estimate of drug-likeness (QED) is 0.759. The van der Waals surface area contributed by atoms with E-state index in [9.17, 15) is 14.3 Å². The molecular formula is C18H27FN2O2. The number of amides is 1. The summed E-state index contributed by atoms with van der Waals surface area (Å²) in [5, 5.41) is 12.0. The van der Waals surface area contributed by atoms with Crippen molar-refractivity contribution >= 4 is 11.6 Å². The second-order valence-corrected chi connectivity index (χ2v) is 7.04. The van der Waals surface area contributed by atoms with Gasteiger partial charge in [0.25, 0.3) is 5.91 Å². The highest BCUT2D eigenvalue weighted by molar-refractivity contribution is 5.94. The molecule has 1 aliphatic rings. The third-order valence-corrected chi connectivity index (χ3v) is 4.40. The average molecular weight is 322 g/mol. The van der Waals surface area contributed by atoms with Crippen molar-refractivity contribution in [1.82, 2.24) is 5.32 Å². The third-order valence-electron chi connectivity index (χ3n) is 4.40. The lowest BCUT2D eigenvalue weighted by atomic mass is 9.89. The van der Waals surface area contributed by atoms with Gasteiger partial charge in [0, 0.05) is 31.8 Å². The van der Waals surface area contributed by atoms with Crippen LogP contribution in [0, 0.1) is 11.2 Å². The van der Waals surface area contributed by atoms with Crippen LogP contribution in [0.2, 0.25) is 0 Å². The Morgan fingerprint density at radius 1 is 1.35 bits per heavy atom. The maximum atomic E-state index is 14.2. The summed E-state index contributed by atoms with van der Waals surface area (Å²) in [6, 6.07) is 4.70. The SMILES string of the molecule is CC(C)(CO)CCCNC(=O)c1ccc(N2CCCC2)c(F)c1. The molecule has 1 aromatic carbocycles. The van der Waals surface area contributed by atoms with Crippen molar-refractivity contribution < 1.29 is 14.3 Å². The van der Waals surface area contributed by atoms with Crippen LogP contribution in [0.3, 0.4) is 0 Å². The number of rotatable bonds is 7. The summed E-state index contributed by atoms with van der Waals surface area (Å²) in [6.45, 7) is 6.39. The predicted octanol–water partition coefficient (Wildman–Crippen LogP) is 2.95. The summed E-state index contributed by atoms with van der Waals surface area (Å²) in [5.41, 5.74) is 0.810. The fraction of sp³-hybridized carbons (Fsp3) is 0.611. The lowest BCUT2D eigenvalue weighted by molar-refractivity contribution is 0.0948. The van der Waals surface area contributed by atoms with Crippen molar-refractivity contribution in [3.05, 3.63) is 29.6 Å². The van der Waals surface area contributed by atoms with Crippen LogP contribution >= 0.6 is 0 Å². The second kappa shape index (κ2) is 7.77. The van der Waals surface area contributed by atoms with Gasteiger partial charge < -0.3 is 15.3 Å². The Morgan fingerprint density at radius 2 is 2.04 bits per heavy atom. The van der Waals surface area contributed by atoms with Crippen LogP contribution in [0.15, 0.2) is 18.2 Å².